The van der Waals surface area contributed by atoms with Crippen molar-refractivity contribution in [2.24, 2.45) is 0 Å². The summed E-state index contributed by atoms with van der Waals surface area (Å²) in [6.45, 7) is 7.15. The van der Waals surface area contributed by atoms with Crippen LogP contribution in [0.4, 0.5) is 0 Å². The molecule has 1 amide bonds. The van der Waals surface area contributed by atoms with Gasteiger partial charge in [-0.1, -0.05) is 30.3 Å². The van der Waals surface area contributed by atoms with E-state index >= 15 is 0 Å². The SMILES string of the molecule is CCOc1ccc(S(=O)(=O)N[C@@H](Cc2ccccc2)C(=O)N(CC)CC)cc1. The molecule has 0 spiro atoms. The Morgan fingerprint density at radius 1 is 1.00 bits per heavy atom. The first-order valence-electron chi connectivity index (χ1n) is 9.49. The van der Waals surface area contributed by atoms with Gasteiger partial charge in [-0.3, -0.25) is 4.79 Å². The molecule has 28 heavy (non-hydrogen) atoms. The van der Waals surface area contributed by atoms with Gasteiger partial charge in [0.25, 0.3) is 0 Å². The number of nitrogens with zero attached hydrogens (tertiary/aromatic N) is 1. The molecular weight excluding hydrogens is 376 g/mol. The third-order valence-electron chi connectivity index (χ3n) is 4.40. The lowest BCUT2D eigenvalue weighted by atomic mass is 10.1. The molecule has 0 aromatic heterocycles. The van der Waals surface area contributed by atoms with Crippen LogP contribution in [0.5, 0.6) is 5.75 Å². The standard InChI is InChI=1S/C21H28N2O4S/c1-4-23(5-2)21(24)20(16-17-10-8-7-9-11-17)22-28(25,26)19-14-12-18(13-15-19)27-6-3/h7-15,20,22H,4-6,16H2,1-3H3/t20-/m0/s1. The molecule has 0 heterocycles. The average Bonchev–Trinajstić information content (AvgIpc) is 2.69. The molecule has 7 heteroatoms. The minimum Gasteiger partial charge on any atom is -0.494 e. The minimum atomic E-state index is -3.86. The molecule has 0 aliphatic carbocycles. The zero-order valence-corrected chi connectivity index (χ0v) is 17.4. The molecular formula is C21H28N2O4S. The second-order valence-corrected chi connectivity index (χ2v) is 7.99. The molecule has 2 rings (SSSR count). The van der Waals surface area contributed by atoms with E-state index < -0.39 is 16.1 Å². The summed E-state index contributed by atoms with van der Waals surface area (Å²) in [7, 11) is -3.86. The number of nitrogens with one attached hydrogen (secondary N) is 1. The zero-order chi connectivity index (χ0) is 20.6. The van der Waals surface area contributed by atoms with Gasteiger partial charge in [0.15, 0.2) is 0 Å². The van der Waals surface area contributed by atoms with Crippen LogP contribution in [0.3, 0.4) is 0 Å². The van der Waals surface area contributed by atoms with Crippen LogP contribution in [-0.4, -0.2) is 45.0 Å². The lowest BCUT2D eigenvalue weighted by Crippen LogP contribution is -2.49. The molecule has 1 N–H and O–H groups in total. The number of rotatable bonds is 10. The summed E-state index contributed by atoms with van der Waals surface area (Å²) in [4.78, 5) is 14.7. The Morgan fingerprint density at radius 2 is 1.61 bits per heavy atom. The van der Waals surface area contributed by atoms with Crippen molar-refractivity contribution in [1.82, 2.24) is 9.62 Å². The average molecular weight is 405 g/mol. The van der Waals surface area contributed by atoms with E-state index in [-0.39, 0.29) is 17.2 Å². The van der Waals surface area contributed by atoms with Gasteiger partial charge in [0.05, 0.1) is 11.5 Å². The van der Waals surface area contributed by atoms with Gasteiger partial charge in [0.1, 0.15) is 11.8 Å². The van der Waals surface area contributed by atoms with Gasteiger partial charge in [0, 0.05) is 13.1 Å². The number of carbonyl (C=O) groups excluding carboxylic acids is 1. The largest absolute Gasteiger partial charge is 0.494 e. The fraction of sp³-hybridized carbons (Fsp3) is 0.381. The van der Waals surface area contributed by atoms with Crippen LogP contribution in [0.2, 0.25) is 0 Å². The molecule has 0 saturated heterocycles. The highest BCUT2D eigenvalue weighted by molar-refractivity contribution is 7.89. The van der Waals surface area contributed by atoms with Gasteiger partial charge in [-0.05, 0) is 57.0 Å². The summed E-state index contributed by atoms with van der Waals surface area (Å²) < 4.78 is 33.7. The van der Waals surface area contributed by atoms with Crippen molar-refractivity contribution in [3.8, 4) is 5.75 Å². The maximum atomic E-state index is 12.9. The summed E-state index contributed by atoms with van der Waals surface area (Å²) in [6, 6.07) is 14.7. The second-order valence-electron chi connectivity index (χ2n) is 6.28. The normalized spacial score (nSPS) is 12.4. The van der Waals surface area contributed by atoms with Crippen LogP contribution >= 0.6 is 0 Å². The highest BCUT2D eigenvalue weighted by Gasteiger charge is 2.28. The lowest BCUT2D eigenvalue weighted by Gasteiger charge is -2.26. The minimum absolute atomic E-state index is 0.0985. The lowest BCUT2D eigenvalue weighted by molar-refractivity contribution is -0.132. The first kappa shape index (κ1) is 21.9. The third kappa shape index (κ3) is 5.81. The molecule has 0 unspecified atom stereocenters. The molecule has 2 aromatic carbocycles. The summed E-state index contributed by atoms with van der Waals surface area (Å²) in [6.07, 6.45) is 0.284. The van der Waals surface area contributed by atoms with Crippen molar-refractivity contribution in [1.29, 1.82) is 0 Å². The van der Waals surface area contributed by atoms with Crippen LogP contribution in [0.15, 0.2) is 59.5 Å². The van der Waals surface area contributed by atoms with Crippen LogP contribution in [0.1, 0.15) is 26.3 Å². The Bertz CT molecular complexity index is 848. The maximum absolute atomic E-state index is 12.9. The smallest absolute Gasteiger partial charge is 0.241 e. The molecule has 0 fully saturated rings. The van der Waals surface area contributed by atoms with Gasteiger partial charge >= 0.3 is 0 Å². The summed E-state index contributed by atoms with van der Waals surface area (Å²) in [5.41, 5.74) is 0.891. The molecule has 152 valence electrons. The molecule has 0 aliphatic heterocycles. The number of carbonyl (C=O) groups is 1. The number of amides is 1. The number of hydrogen-bond acceptors (Lipinski definition) is 4. The van der Waals surface area contributed by atoms with Crippen molar-refractivity contribution in [2.75, 3.05) is 19.7 Å². The monoisotopic (exact) mass is 404 g/mol. The molecule has 2 aromatic rings. The van der Waals surface area contributed by atoms with Crippen molar-refractivity contribution in [2.45, 2.75) is 38.1 Å². The van der Waals surface area contributed by atoms with E-state index in [4.69, 9.17) is 4.74 Å². The number of ether oxygens (including phenoxy) is 1. The Labute approximate surface area is 167 Å². The Kier molecular flexibility index (Phi) is 8.02. The van der Waals surface area contributed by atoms with E-state index in [2.05, 4.69) is 4.72 Å². The molecule has 0 bridgehead atoms. The third-order valence-corrected chi connectivity index (χ3v) is 5.89. The first-order valence-corrected chi connectivity index (χ1v) is 11.0. The Morgan fingerprint density at radius 3 is 2.14 bits per heavy atom. The molecule has 0 saturated carbocycles. The highest BCUT2D eigenvalue weighted by Crippen LogP contribution is 2.17. The van der Waals surface area contributed by atoms with E-state index in [1.54, 1.807) is 17.0 Å². The van der Waals surface area contributed by atoms with E-state index in [1.807, 2.05) is 51.1 Å². The molecule has 6 nitrogen and oxygen atoms in total. The van der Waals surface area contributed by atoms with Crippen molar-refractivity contribution in [3.63, 3.8) is 0 Å². The van der Waals surface area contributed by atoms with Crippen molar-refractivity contribution < 1.29 is 17.9 Å². The zero-order valence-electron chi connectivity index (χ0n) is 16.6. The first-order chi connectivity index (χ1) is 13.4. The number of likely N-dealkylation sites (N-methyl/N-ethyl adjacent to an activating group) is 1. The van der Waals surface area contributed by atoms with Gasteiger partial charge in [-0.25, -0.2) is 8.42 Å². The van der Waals surface area contributed by atoms with Crippen LogP contribution in [0, 0.1) is 0 Å². The molecule has 1 atom stereocenters. The topological polar surface area (TPSA) is 75.7 Å². The Balaban J connectivity index is 2.27. The quantitative estimate of drug-likeness (QED) is 0.661. The van der Waals surface area contributed by atoms with Crippen LogP contribution < -0.4 is 9.46 Å². The summed E-state index contributed by atoms with van der Waals surface area (Å²) in [5, 5.41) is 0. The fourth-order valence-corrected chi connectivity index (χ4v) is 4.11. The molecule has 0 radical (unpaired) electrons. The highest BCUT2D eigenvalue weighted by atomic mass is 32.2. The number of hydrogen-bond donors (Lipinski definition) is 1. The predicted molar refractivity (Wildman–Crippen MR) is 110 cm³/mol. The van der Waals surface area contributed by atoms with E-state index in [9.17, 15) is 13.2 Å². The van der Waals surface area contributed by atoms with Gasteiger partial charge < -0.3 is 9.64 Å². The van der Waals surface area contributed by atoms with Crippen molar-refractivity contribution in [3.05, 3.63) is 60.2 Å². The second kappa shape index (κ2) is 10.2. The summed E-state index contributed by atoms with van der Waals surface area (Å²) >= 11 is 0. The van der Waals surface area contributed by atoms with E-state index in [1.165, 1.54) is 12.1 Å². The fourth-order valence-electron chi connectivity index (χ4n) is 2.92. The van der Waals surface area contributed by atoms with E-state index in [0.717, 1.165) is 5.56 Å². The number of benzene rings is 2. The van der Waals surface area contributed by atoms with Gasteiger partial charge in [0.2, 0.25) is 15.9 Å². The van der Waals surface area contributed by atoms with Gasteiger partial charge in [-0.15, -0.1) is 0 Å². The van der Waals surface area contributed by atoms with Crippen LogP contribution in [0.25, 0.3) is 0 Å². The maximum Gasteiger partial charge on any atom is 0.241 e. The van der Waals surface area contributed by atoms with Gasteiger partial charge in [-0.2, -0.15) is 4.72 Å². The number of sulfonamides is 1. The van der Waals surface area contributed by atoms with Crippen molar-refractivity contribution >= 4 is 15.9 Å². The van der Waals surface area contributed by atoms with Crippen LogP contribution in [-0.2, 0) is 21.2 Å². The summed E-state index contributed by atoms with van der Waals surface area (Å²) in [5.74, 6) is 0.366. The Hall–Kier alpha value is -2.38. The predicted octanol–water partition coefficient (Wildman–Crippen LogP) is 2.84. The van der Waals surface area contributed by atoms with E-state index in [0.29, 0.717) is 25.4 Å². The molecule has 0 aliphatic rings.